The number of fused-ring (bicyclic) bond motifs is 1. The maximum atomic E-state index is 10.6. The van der Waals surface area contributed by atoms with Gasteiger partial charge in [-0.1, -0.05) is 18.2 Å². The fourth-order valence-electron chi connectivity index (χ4n) is 2.35. The Morgan fingerprint density at radius 2 is 1.95 bits per heavy atom. The second-order valence-corrected chi connectivity index (χ2v) is 5.88. The molecular weight excluding hydrogens is 254 g/mol. The summed E-state index contributed by atoms with van der Waals surface area (Å²) in [5.74, 6) is 0. The molecule has 2 aromatic heterocycles. The molecule has 0 aliphatic rings. The van der Waals surface area contributed by atoms with Crippen LogP contribution in [0.4, 0.5) is 0 Å². The van der Waals surface area contributed by atoms with Gasteiger partial charge in [-0.15, -0.1) is 11.3 Å². The second kappa shape index (κ2) is 4.76. The lowest BCUT2D eigenvalue weighted by molar-refractivity contribution is 0.222. The summed E-state index contributed by atoms with van der Waals surface area (Å²) in [6.07, 6.45) is -0.587. The molecule has 96 valence electrons. The summed E-state index contributed by atoms with van der Waals surface area (Å²) in [6, 6.07) is 12.0. The largest absolute Gasteiger partial charge is 0.384 e. The van der Waals surface area contributed by atoms with Gasteiger partial charge in [0.25, 0.3) is 0 Å². The van der Waals surface area contributed by atoms with Gasteiger partial charge in [-0.25, -0.2) is 0 Å². The van der Waals surface area contributed by atoms with Crippen molar-refractivity contribution in [3.63, 3.8) is 0 Å². The van der Waals surface area contributed by atoms with Crippen molar-refractivity contribution in [3.8, 4) is 0 Å². The summed E-state index contributed by atoms with van der Waals surface area (Å²) in [4.78, 5) is 5.72. The first-order valence-corrected chi connectivity index (χ1v) is 7.12. The molecule has 2 heterocycles. The predicted molar refractivity (Wildman–Crippen MR) is 79.6 cm³/mol. The van der Waals surface area contributed by atoms with Crippen molar-refractivity contribution in [2.45, 2.75) is 20.0 Å². The van der Waals surface area contributed by atoms with E-state index in [4.69, 9.17) is 0 Å². The third-order valence-corrected chi connectivity index (χ3v) is 4.12. The molecule has 0 bridgehead atoms. The summed E-state index contributed by atoms with van der Waals surface area (Å²) < 4.78 is 0. The molecule has 0 aliphatic heterocycles. The fraction of sp³-hybridized carbons (Fsp3) is 0.188. The van der Waals surface area contributed by atoms with Crippen LogP contribution in [0.25, 0.3) is 10.9 Å². The number of pyridine rings is 1. The molecule has 0 saturated carbocycles. The summed E-state index contributed by atoms with van der Waals surface area (Å²) in [5.41, 5.74) is 3.75. The van der Waals surface area contributed by atoms with E-state index in [1.807, 2.05) is 48.7 Å². The quantitative estimate of drug-likeness (QED) is 0.763. The highest BCUT2D eigenvalue weighted by atomic mass is 32.1. The molecule has 1 atom stereocenters. The van der Waals surface area contributed by atoms with Crippen LogP contribution in [0, 0.1) is 13.8 Å². The van der Waals surface area contributed by atoms with Gasteiger partial charge in [0.2, 0.25) is 0 Å². The van der Waals surface area contributed by atoms with Crippen molar-refractivity contribution >= 4 is 22.2 Å². The number of nitrogens with zero attached hydrogens (tertiary/aromatic N) is 1. The van der Waals surface area contributed by atoms with Gasteiger partial charge in [-0.05, 0) is 48.6 Å². The molecular formula is C16H15NOS. The van der Waals surface area contributed by atoms with E-state index in [1.165, 1.54) is 4.88 Å². The number of aromatic nitrogens is 1. The third kappa shape index (κ3) is 2.27. The minimum Gasteiger partial charge on any atom is -0.384 e. The molecule has 19 heavy (non-hydrogen) atoms. The summed E-state index contributed by atoms with van der Waals surface area (Å²) in [6.45, 7) is 4.01. The molecule has 0 spiro atoms. The van der Waals surface area contributed by atoms with Crippen LogP contribution in [0.1, 0.15) is 27.8 Å². The maximum Gasteiger partial charge on any atom is 0.106 e. The second-order valence-electron chi connectivity index (χ2n) is 4.76. The molecule has 0 amide bonds. The number of aliphatic hydroxyl groups is 1. The van der Waals surface area contributed by atoms with Crippen LogP contribution in [0.3, 0.4) is 0 Å². The summed E-state index contributed by atoms with van der Waals surface area (Å²) in [7, 11) is 0. The topological polar surface area (TPSA) is 33.1 Å². The van der Waals surface area contributed by atoms with E-state index in [0.29, 0.717) is 0 Å². The van der Waals surface area contributed by atoms with Gasteiger partial charge in [0.05, 0.1) is 5.52 Å². The van der Waals surface area contributed by atoms with E-state index in [2.05, 4.69) is 11.9 Å². The molecule has 0 fully saturated rings. The van der Waals surface area contributed by atoms with E-state index < -0.39 is 6.10 Å². The number of benzene rings is 1. The van der Waals surface area contributed by atoms with E-state index in [0.717, 1.165) is 27.7 Å². The van der Waals surface area contributed by atoms with Gasteiger partial charge in [0.1, 0.15) is 6.10 Å². The van der Waals surface area contributed by atoms with Crippen LogP contribution in [0.15, 0.2) is 41.8 Å². The molecule has 0 saturated heterocycles. The van der Waals surface area contributed by atoms with E-state index in [9.17, 15) is 5.11 Å². The van der Waals surface area contributed by atoms with Gasteiger partial charge >= 0.3 is 0 Å². The Morgan fingerprint density at radius 1 is 1.16 bits per heavy atom. The molecule has 1 unspecified atom stereocenters. The van der Waals surface area contributed by atoms with Gasteiger partial charge in [0, 0.05) is 16.0 Å². The molecule has 1 N–H and O–H groups in total. The lowest BCUT2D eigenvalue weighted by atomic mass is 9.99. The average molecular weight is 269 g/mol. The first-order valence-electron chi connectivity index (χ1n) is 6.24. The standard InChI is InChI=1S/C16H15NOS/c1-10-7-14(13-5-3-4-6-15(13)17-10)16(18)12-8-11(2)19-9-12/h3-9,16,18H,1-2H3. The van der Waals surface area contributed by atoms with Crippen molar-refractivity contribution in [1.82, 2.24) is 4.98 Å². The van der Waals surface area contributed by atoms with Crippen LogP contribution in [0.2, 0.25) is 0 Å². The lowest BCUT2D eigenvalue weighted by Crippen LogP contribution is -2.01. The normalized spacial score (nSPS) is 12.8. The third-order valence-electron chi connectivity index (χ3n) is 3.24. The monoisotopic (exact) mass is 269 g/mol. The SMILES string of the molecule is Cc1cc(C(O)c2csc(C)c2)c2ccccc2n1. The fourth-order valence-corrected chi connectivity index (χ4v) is 3.08. The van der Waals surface area contributed by atoms with E-state index in [1.54, 1.807) is 11.3 Å². The summed E-state index contributed by atoms with van der Waals surface area (Å²) in [5, 5.41) is 13.6. The Balaban J connectivity index is 2.19. The maximum absolute atomic E-state index is 10.6. The van der Waals surface area contributed by atoms with Gasteiger partial charge in [-0.3, -0.25) is 4.98 Å². The van der Waals surface area contributed by atoms with Crippen LogP contribution >= 0.6 is 11.3 Å². The molecule has 3 rings (SSSR count). The van der Waals surface area contributed by atoms with E-state index in [-0.39, 0.29) is 0 Å². The molecule has 3 heteroatoms. The Morgan fingerprint density at radius 3 is 2.68 bits per heavy atom. The Hall–Kier alpha value is -1.71. The first kappa shape index (κ1) is 12.3. The molecule has 1 aromatic carbocycles. The minimum atomic E-state index is -0.587. The van der Waals surface area contributed by atoms with Gasteiger partial charge in [0.15, 0.2) is 0 Å². The van der Waals surface area contributed by atoms with Crippen molar-refractivity contribution in [3.05, 3.63) is 63.5 Å². The number of aryl methyl sites for hydroxylation is 2. The number of para-hydroxylation sites is 1. The zero-order valence-electron chi connectivity index (χ0n) is 10.9. The Bertz CT molecular complexity index is 732. The lowest BCUT2D eigenvalue weighted by Gasteiger charge is -2.13. The molecule has 0 radical (unpaired) electrons. The minimum absolute atomic E-state index is 0.587. The van der Waals surface area contributed by atoms with Crippen LogP contribution in [-0.4, -0.2) is 10.1 Å². The predicted octanol–water partition coefficient (Wildman–Crippen LogP) is 3.99. The first-order chi connectivity index (χ1) is 9.15. The van der Waals surface area contributed by atoms with Crippen LogP contribution in [0.5, 0.6) is 0 Å². The Labute approximate surface area is 116 Å². The summed E-state index contributed by atoms with van der Waals surface area (Å²) >= 11 is 1.66. The van der Waals surface area contributed by atoms with E-state index >= 15 is 0 Å². The zero-order chi connectivity index (χ0) is 13.4. The van der Waals surface area contributed by atoms with Crippen LogP contribution in [-0.2, 0) is 0 Å². The van der Waals surface area contributed by atoms with Gasteiger partial charge < -0.3 is 5.11 Å². The highest BCUT2D eigenvalue weighted by Gasteiger charge is 2.15. The Kier molecular flexibility index (Phi) is 3.09. The van der Waals surface area contributed by atoms with Crippen molar-refractivity contribution in [2.75, 3.05) is 0 Å². The zero-order valence-corrected chi connectivity index (χ0v) is 11.7. The highest BCUT2D eigenvalue weighted by molar-refractivity contribution is 7.10. The number of aliphatic hydroxyl groups excluding tert-OH is 1. The smallest absolute Gasteiger partial charge is 0.106 e. The molecule has 3 aromatic rings. The molecule has 2 nitrogen and oxygen atoms in total. The van der Waals surface area contributed by atoms with Gasteiger partial charge in [-0.2, -0.15) is 0 Å². The van der Waals surface area contributed by atoms with Crippen molar-refractivity contribution < 1.29 is 5.11 Å². The highest BCUT2D eigenvalue weighted by Crippen LogP contribution is 2.30. The number of hydrogen-bond donors (Lipinski definition) is 1. The number of thiophene rings is 1. The van der Waals surface area contributed by atoms with Crippen LogP contribution < -0.4 is 0 Å². The van der Waals surface area contributed by atoms with Crippen molar-refractivity contribution in [1.29, 1.82) is 0 Å². The molecule has 0 aliphatic carbocycles. The average Bonchev–Trinajstić information content (AvgIpc) is 2.83. The number of hydrogen-bond acceptors (Lipinski definition) is 3. The van der Waals surface area contributed by atoms with Crippen molar-refractivity contribution in [2.24, 2.45) is 0 Å². The number of rotatable bonds is 2.